The number of rotatable bonds is 5. The molecule has 1 aliphatic rings. The first-order valence-corrected chi connectivity index (χ1v) is 11.0. The summed E-state index contributed by atoms with van der Waals surface area (Å²) in [4.78, 5) is 4.27. The van der Waals surface area contributed by atoms with Crippen molar-refractivity contribution in [3.05, 3.63) is 84.1 Å². The molecule has 0 saturated carbocycles. The third-order valence-electron chi connectivity index (χ3n) is 5.21. The van der Waals surface area contributed by atoms with Gasteiger partial charge in [0.1, 0.15) is 17.7 Å². The van der Waals surface area contributed by atoms with E-state index >= 15 is 0 Å². The first-order chi connectivity index (χ1) is 16.0. The highest BCUT2D eigenvalue weighted by atomic mass is 32.2. The number of nitrogens with zero attached hydrogens (tertiary/aromatic N) is 2. The number of halogens is 7. The van der Waals surface area contributed by atoms with E-state index in [1.807, 2.05) is 18.4 Å². The predicted octanol–water partition coefficient (Wildman–Crippen LogP) is 6.68. The average Bonchev–Trinajstić information content (AvgIpc) is 3.24. The molecule has 0 aliphatic carbocycles. The fraction of sp³-hybridized carbons (Fsp3) is 0.174. The van der Waals surface area contributed by atoms with Crippen LogP contribution in [0.2, 0.25) is 0 Å². The van der Waals surface area contributed by atoms with Gasteiger partial charge in [-0.25, -0.2) is 19.2 Å². The number of hydrogen-bond acceptors (Lipinski definition) is 4. The molecule has 1 N–H and O–H groups in total. The summed E-state index contributed by atoms with van der Waals surface area (Å²) in [5, 5.41) is 1.74. The molecule has 0 spiro atoms. The van der Waals surface area contributed by atoms with Gasteiger partial charge in [-0.2, -0.15) is 22.0 Å². The minimum atomic E-state index is -5.84. The summed E-state index contributed by atoms with van der Waals surface area (Å²) in [6.45, 7) is 0. The van der Waals surface area contributed by atoms with E-state index in [1.54, 1.807) is 18.3 Å². The van der Waals surface area contributed by atoms with Gasteiger partial charge in [-0.1, -0.05) is 18.2 Å². The van der Waals surface area contributed by atoms with E-state index in [-0.39, 0.29) is 16.9 Å². The number of hydrogen-bond donors (Lipinski definition) is 1. The highest BCUT2D eigenvalue weighted by molar-refractivity contribution is 7.98. The van der Waals surface area contributed by atoms with Crippen LogP contribution in [0.1, 0.15) is 5.56 Å². The maximum absolute atomic E-state index is 14.4. The van der Waals surface area contributed by atoms with Crippen LogP contribution in [-0.2, 0) is 0 Å². The predicted molar refractivity (Wildman–Crippen MR) is 116 cm³/mol. The molecule has 3 aromatic rings. The summed E-state index contributed by atoms with van der Waals surface area (Å²) in [6.07, 6.45) is -1.73. The van der Waals surface area contributed by atoms with Crippen LogP contribution in [-0.4, -0.2) is 29.4 Å². The molecule has 34 heavy (non-hydrogen) atoms. The van der Waals surface area contributed by atoms with E-state index < -0.39 is 29.8 Å². The van der Waals surface area contributed by atoms with Crippen LogP contribution in [0.15, 0.2) is 71.9 Å². The Labute approximate surface area is 194 Å². The summed E-state index contributed by atoms with van der Waals surface area (Å²) in [5.41, 5.74) is 3.14. The minimum Gasteiger partial charge on any atom is -0.276 e. The van der Waals surface area contributed by atoms with E-state index in [0.717, 1.165) is 33.3 Å². The Morgan fingerprint density at radius 2 is 1.59 bits per heavy atom. The van der Waals surface area contributed by atoms with Crippen LogP contribution in [0.4, 0.5) is 36.4 Å². The number of anilines is 1. The lowest BCUT2D eigenvalue weighted by Crippen LogP contribution is -2.54. The van der Waals surface area contributed by atoms with Gasteiger partial charge in [0.25, 0.3) is 0 Å². The van der Waals surface area contributed by atoms with Crippen molar-refractivity contribution in [3.8, 4) is 11.1 Å². The number of nitrogens with one attached hydrogen (secondary N) is 1. The molecule has 0 amide bonds. The molecule has 2 heterocycles. The van der Waals surface area contributed by atoms with Crippen LogP contribution in [0.25, 0.3) is 16.8 Å². The first kappa shape index (κ1) is 24.1. The van der Waals surface area contributed by atoms with E-state index in [0.29, 0.717) is 12.1 Å². The van der Waals surface area contributed by atoms with Crippen molar-refractivity contribution >= 4 is 23.1 Å². The van der Waals surface area contributed by atoms with Gasteiger partial charge in [0.15, 0.2) is 0 Å². The van der Waals surface area contributed by atoms with E-state index in [2.05, 4.69) is 10.4 Å². The van der Waals surface area contributed by atoms with Gasteiger partial charge in [0.2, 0.25) is 0 Å². The highest BCUT2D eigenvalue weighted by Crippen LogP contribution is 2.43. The van der Waals surface area contributed by atoms with Gasteiger partial charge in [-0.3, -0.25) is 5.01 Å². The Morgan fingerprint density at radius 3 is 2.15 bits per heavy atom. The molecule has 178 valence electrons. The van der Waals surface area contributed by atoms with Crippen LogP contribution in [0, 0.1) is 11.6 Å². The van der Waals surface area contributed by atoms with Gasteiger partial charge >= 0.3 is 12.1 Å². The van der Waals surface area contributed by atoms with Crippen molar-refractivity contribution in [1.29, 1.82) is 0 Å². The van der Waals surface area contributed by atoms with Crippen LogP contribution < -0.4 is 10.4 Å². The lowest BCUT2D eigenvalue weighted by atomic mass is 10.1. The molecule has 0 fully saturated rings. The molecule has 0 radical (unpaired) electrons. The zero-order chi connectivity index (χ0) is 24.7. The fourth-order valence-corrected chi connectivity index (χ4v) is 3.80. The van der Waals surface area contributed by atoms with Gasteiger partial charge in [0.05, 0.1) is 16.4 Å². The highest BCUT2D eigenvalue weighted by Gasteiger charge is 2.63. The molecule has 2 aromatic carbocycles. The smallest absolute Gasteiger partial charge is 0.276 e. The van der Waals surface area contributed by atoms with Crippen LogP contribution in [0.5, 0.6) is 0 Å². The Balaban J connectivity index is 1.72. The lowest BCUT2D eigenvalue weighted by molar-refractivity contribution is -0.287. The zero-order valence-corrected chi connectivity index (χ0v) is 18.2. The quantitative estimate of drug-likeness (QED) is 0.313. The van der Waals surface area contributed by atoms with Gasteiger partial charge in [0, 0.05) is 23.4 Å². The van der Waals surface area contributed by atoms with Crippen molar-refractivity contribution in [2.24, 2.45) is 0 Å². The standard InChI is InChI=1S/C23H16F7N3S/c1-34-21-9-4-14(12-31-21)13-2-6-16(7-3-13)33-19(17-8-5-15(24)10-18(17)25)11-20(32-33)22(26,27)23(28,29)30/h2-12,20,32H,1H3. The van der Waals surface area contributed by atoms with Gasteiger partial charge < -0.3 is 0 Å². The minimum absolute atomic E-state index is 0.174. The van der Waals surface area contributed by atoms with E-state index in [4.69, 9.17) is 0 Å². The van der Waals surface area contributed by atoms with Crippen molar-refractivity contribution in [2.75, 3.05) is 11.3 Å². The molecule has 1 atom stereocenters. The topological polar surface area (TPSA) is 28.2 Å². The second-order valence-corrected chi connectivity index (χ2v) is 8.20. The number of alkyl halides is 5. The summed E-state index contributed by atoms with van der Waals surface area (Å²) >= 11 is 1.47. The summed E-state index contributed by atoms with van der Waals surface area (Å²) < 4.78 is 95.0. The van der Waals surface area contributed by atoms with E-state index in [1.165, 1.54) is 23.9 Å². The number of pyridine rings is 1. The van der Waals surface area contributed by atoms with Crippen LogP contribution >= 0.6 is 11.8 Å². The third kappa shape index (κ3) is 4.49. The Bertz CT molecular complexity index is 1210. The summed E-state index contributed by atoms with van der Waals surface area (Å²) in [7, 11) is 0. The molecular weight excluding hydrogens is 483 g/mol. The maximum Gasteiger partial charge on any atom is 0.455 e. The van der Waals surface area contributed by atoms with Crippen molar-refractivity contribution in [2.45, 2.75) is 23.2 Å². The van der Waals surface area contributed by atoms with Crippen LogP contribution in [0.3, 0.4) is 0 Å². The molecule has 11 heteroatoms. The molecule has 0 bridgehead atoms. The summed E-state index contributed by atoms with van der Waals surface area (Å²) in [5.74, 6) is -7.17. The molecule has 0 saturated heterocycles. The number of thioether (sulfide) groups is 1. The Hall–Kier alpha value is -3.05. The largest absolute Gasteiger partial charge is 0.455 e. The molecule has 1 unspecified atom stereocenters. The maximum atomic E-state index is 14.4. The van der Waals surface area contributed by atoms with Gasteiger partial charge in [-0.15, -0.1) is 11.8 Å². The van der Waals surface area contributed by atoms with E-state index in [9.17, 15) is 30.7 Å². The average molecular weight is 499 g/mol. The summed E-state index contributed by atoms with van der Waals surface area (Å²) in [6, 6.07) is 9.75. The van der Waals surface area contributed by atoms with Gasteiger partial charge in [-0.05, 0) is 48.2 Å². The molecule has 1 aromatic heterocycles. The SMILES string of the molecule is CSc1ccc(-c2ccc(N3NC(C(F)(F)C(F)(F)F)C=C3c3ccc(F)cc3F)cc2)cn1. The molecular formula is C23H16F7N3S. The van der Waals surface area contributed by atoms with Crippen molar-refractivity contribution in [3.63, 3.8) is 0 Å². The number of benzene rings is 2. The lowest BCUT2D eigenvalue weighted by Gasteiger charge is -2.28. The fourth-order valence-electron chi connectivity index (χ4n) is 3.44. The first-order valence-electron chi connectivity index (χ1n) is 9.80. The zero-order valence-electron chi connectivity index (χ0n) is 17.4. The molecule has 3 nitrogen and oxygen atoms in total. The Kier molecular flexibility index (Phi) is 6.34. The van der Waals surface area contributed by atoms with Crippen molar-refractivity contribution < 1.29 is 30.7 Å². The number of aromatic nitrogens is 1. The molecule has 4 rings (SSSR count). The number of hydrazine groups is 1. The normalized spacial score (nSPS) is 16.6. The third-order valence-corrected chi connectivity index (χ3v) is 5.87. The second-order valence-electron chi connectivity index (χ2n) is 7.38. The van der Waals surface area contributed by atoms with Crippen molar-refractivity contribution in [1.82, 2.24) is 10.4 Å². The second kappa shape index (κ2) is 8.95. The monoisotopic (exact) mass is 499 g/mol. The Morgan fingerprint density at radius 1 is 0.912 bits per heavy atom. The molecule has 1 aliphatic heterocycles.